The molecule has 0 saturated heterocycles. The molecule has 0 unspecified atom stereocenters. The number of ether oxygens (including phenoxy) is 1. The molecule has 20 heavy (non-hydrogen) atoms. The fourth-order valence-corrected chi connectivity index (χ4v) is 2.71. The molecule has 0 aliphatic rings. The monoisotopic (exact) mass is 303 g/mol. The number of carbonyl (C=O) groups is 1. The standard InChI is InChI=1S/C13H18FNO4S/c1-9-8-10(14)6-7-11(9)20(17,18)15(5)12(16)19-13(2,3)4/h6-8H,1-5H3. The van der Waals surface area contributed by atoms with Crippen LogP contribution in [0.4, 0.5) is 9.18 Å². The van der Waals surface area contributed by atoms with Crippen molar-refractivity contribution in [2.45, 2.75) is 38.2 Å². The minimum Gasteiger partial charge on any atom is -0.443 e. The number of aryl methyl sites for hydroxylation is 1. The third kappa shape index (κ3) is 3.69. The van der Waals surface area contributed by atoms with E-state index in [4.69, 9.17) is 4.74 Å². The molecule has 1 aromatic carbocycles. The lowest BCUT2D eigenvalue weighted by Crippen LogP contribution is -2.38. The Morgan fingerprint density at radius 2 is 1.85 bits per heavy atom. The van der Waals surface area contributed by atoms with Gasteiger partial charge in [-0.05, 0) is 51.5 Å². The Kier molecular flexibility index (Phi) is 4.43. The fourth-order valence-electron chi connectivity index (χ4n) is 1.47. The zero-order valence-electron chi connectivity index (χ0n) is 12.1. The summed E-state index contributed by atoms with van der Waals surface area (Å²) in [5, 5.41) is 0. The number of hydrogen-bond acceptors (Lipinski definition) is 4. The SMILES string of the molecule is Cc1cc(F)ccc1S(=O)(=O)N(C)C(=O)OC(C)(C)C. The first-order valence-electron chi connectivity index (χ1n) is 5.93. The van der Waals surface area contributed by atoms with Gasteiger partial charge >= 0.3 is 6.09 Å². The van der Waals surface area contributed by atoms with E-state index in [0.717, 1.165) is 25.2 Å². The molecule has 0 heterocycles. The van der Waals surface area contributed by atoms with Crippen molar-refractivity contribution < 1.29 is 22.3 Å². The van der Waals surface area contributed by atoms with Crippen LogP contribution in [0.25, 0.3) is 0 Å². The van der Waals surface area contributed by atoms with Crippen molar-refractivity contribution in [2.75, 3.05) is 7.05 Å². The molecule has 5 nitrogen and oxygen atoms in total. The van der Waals surface area contributed by atoms with Crippen molar-refractivity contribution in [1.29, 1.82) is 0 Å². The third-order valence-corrected chi connectivity index (χ3v) is 4.31. The summed E-state index contributed by atoms with van der Waals surface area (Å²) in [5.74, 6) is -0.540. The smallest absolute Gasteiger partial charge is 0.424 e. The summed E-state index contributed by atoms with van der Waals surface area (Å²) in [6.45, 7) is 6.36. The molecule has 0 radical (unpaired) electrons. The van der Waals surface area contributed by atoms with Gasteiger partial charge in [0.25, 0.3) is 10.0 Å². The van der Waals surface area contributed by atoms with Gasteiger partial charge in [-0.15, -0.1) is 0 Å². The molecule has 0 fully saturated rings. The number of sulfonamides is 1. The van der Waals surface area contributed by atoms with Crippen molar-refractivity contribution in [3.8, 4) is 0 Å². The van der Waals surface area contributed by atoms with Gasteiger partial charge in [-0.25, -0.2) is 21.9 Å². The highest BCUT2D eigenvalue weighted by molar-refractivity contribution is 7.89. The Balaban J connectivity index is 3.13. The van der Waals surface area contributed by atoms with E-state index in [-0.39, 0.29) is 10.5 Å². The predicted molar refractivity (Wildman–Crippen MR) is 72.3 cm³/mol. The lowest BCUT2D eigenvalue weighted by Gasteiger charge is -2.24. The Hall–Kier alpha value is -1.63. The second-order valence-corrected chi connectivity index (χ2v) is 7.30. The second kappa shape index (κ2) is 5.40. The first-order valence-corrected chi connectivity index (χ1v) is 7.37. The van der Waals surface area contributed by atoms with Crippen molar-refractivity contribution in [3.05, 3.63) is 29.6 Å². The summed E-state index contributed by atoms with van der Waals surface area (Å²) in [6.07, 6.45) is -0.985. The van der Waals surface area contributed by atoms with Gasteiger partial charge in [-0.3, -0.25) is 0 Å². The summed E-state index contributed by atoms with van der Waals surface area (Å²) in [7, 11) is -2.96. The second-order valence-electron chi connectivity index (χ2n) is 5.36. The van der Waals surface area contributed by atoms with E-state index in [0.29, 0.717) is 4.31 Å². The fraction of sp³-hybridized carbons (Fsp3) is 0.462. The lowest BCUT2D eigenvalue weighted by molar-refractivity contribution is 0.0420. The van der Waals surface area contributed by atoms with Gasteiger partial charge in [-0.1, -0.05) is 0 Å². The summed E-state index contributed by atoms with van der Waals surface area (Å²) in [6, 6.07) is 3.25. The number of carbonyl (C=O) groups excluding carboxylic acids is 1. The molecule has 0 bridgehead atoms. The van der Waals surface area contributed by atoms with Gasteiger partial charge in [0.05, 0.1) is 4.90 Å². The number of benzene rings is 1. The maximum Gasteiger partial charge on any atom is 0.424 e. The largest absolute Gasteiger partial charge is 0.443 e. The van der Waals surface area contributed by atoms with Crippen LogP contribution in [0.15, 0.2) is 23.1 Å². The van der Waals surface area contributed by atoms with Crippen LogP contribution < -0.4 is 0 Å². The maximum atomic E-state index is 13.0. The number of amides is 1. The highest BCUT2D eigenvalue weighted by atomic mass is 32.2. The van der Waals surface area contributed by atoms with Crippen LogP contribution in [-0.2, 0) is 14.8 Å². The average molecular weight is 303 g/mol. The minimum atomic E-state index is -4.07. The Morgan fingerprint density at radius 3 is 2.30 bits per heavy atom. The molecule has 7 heteroatoms. The molecular formula is C13H18FNO4S. The minimum absolute atomic E-state index is 0.132. The van der Waals surface area contributed by atoms with E-state index >= 15 is 0 Å². The zero-order valence-corrected chi connectivity index (χ0v) is 12.9. The van der Waals surface area contributed by atoms with E-state index in [1.165, 1.54) is 6.92 Å². The van der Waals surface area contributed by atoms with E-state index in [1.54, 1.807) is 20.8 Å². The van der Waals surface area contributed by atoms with Crippen molar-refractivity contribution >= 4 is 16.1 Å². The average Bonchev–Trinajstić information content (AvgIpc) is 2.24. The molecule has 0 aliphatic carbocycles. The summed E-state index contributed by atoms with van der Waals surface area (Å²) in [5.41, 5.74) is -0.584. The molecule has 1 amide bonds. The van der Waals surface area contributed by atoms with Crippen LogP contribution >= 0.6 is 0 Å². The van der Waals surface area contributed by atoms with E-state index < -0.39 is 27.5 Å². The molecule has 1 rings (SSSR count). The van der Waals surface area contributed by atoms with Crippen LogP contribution in [0, 0.1) is 12.7 Å². The molecule has 0 aliphatic heterocycles. The Labute approximate surface area is 118 Å². The molecule has 0 spiro atoms. The summed E-state index contributed by atoms with van der Waals surface area (Å²) >= 11 is 0. The molecule has 0 saturated carbocycles. The third-order valence-electron chi connectivity index (χ3n) is 2.43. The molecule has 0 N–H and O–H groups in total. The first-order chi connectivity index (χ1) is 8.95. The van der Waals surface area contributed by atoms with Gasteiger partial charge in [0, 0.05) is 7.05 Å². The normalized spacial score (nSPS) is 12.1. The molecular weight excluding hydrogens is 285 g/mol. The highest BCUT2D eigenvalue weighted by Gasteiger charge is 2.30. The lowest BCUT2D eigenvalue weighted by atomic mass is 10.2. The summed E-state index contributed by atoms with van der Waals surface area (Å²) in [4.78, 5) is 11.7. The molecule has 0 atom stereocenters. The van der Waals surface area contributed by atoms with E-state index in [9.17, 15) is 17.6 Å². The number of hydrogen-bond donors (Lipinski definition) is 0. The topological polar surface area (TPSA) is 63.7 Å². The molecule has 112 valence electrons. The number of rotatable bonds is 2. The van der Waals surface area contributed by atoms with Gasteiger partial charge in [0.15, 0.2) is 0 Å². The Bertz CT molecular complexity index is 620. The number of halogens is 1. The first kappa shape index (κ1) is 16.4. The van der Waals surface area contributed by atoms with Gasteiger partial charge in [0.1, 0.15) is 11.4 Å². The molecule has 0 aromatic heterocycles. The quantitative estimate of drug-likeness (QED) is 0.842. The van der Waals surface area contributed by atoms with Crippen LogP contribution in [0.2, 0.25) is 0 Å². The highest BCUT2D eigenvalue weighted by Crippen LogP contribution is 2.21. The van der Waals surface area contributed by atoms with Crippen LogP contribution in [-0.4, -0.2) is 31.5 Å². The van der Waals surface area contributed by atoms with Crippen LogP contribution in [0.3, 0.4) is 0 Å². The maximum absolute atomic E-state index is 13.0. The van der Waals surface area contributed by atoms with Gasteiger partial charge < -0.3 is 4.74 Å². The van der Waals surface area contributed by atoms with Gasteiger partial charge in [-0.2, -0.15) is 0 Å². The van der Waals surface area contributed by atoms with Crippen LogP contribution in [0.5, 0.6) is 0 Å². The van der Waals surface area contributed by atoms with Crippen molar-refractivity contribution in [1.82, 2.24) is 4.31 Å². The van der Waals surface area contributed by atoms with Crippen molar-refractivity contribution in [2.24, 2.45) is 0 Å². The van der Waals surface area contributed by atoms with Gasteiger partial charge in [0.2, 0.25) is 0 Å². The van der Waals surface area contributed by atoms with Crippen LogP contribution in [0.1, 0.15) is 26.3 Å². The van der Waals surface area contributed by atoms with Crippen molar-refractivity contribution in [3.63, 3.8) is 0 Å². The van der Waals surface area contributed by atoms with E-state index in [1.807, 2.05) is 0 Å². The van der Waals surface area contributed by atoms with E-state index in [2.05, 4.69) is 0 Å². The zero-order chi connectivity index (χ0) is 15.7. The molecule has 1 aromatic rings. The predicted octanol–water partition coefficient (Wildman–Crippen LogP) is 2.69. The summed E-state index contributed by atoms with van der Waals surface area (Å²) < 4.78 is 43.1. The Morgan fingerprint density at radius 1 is 1.30 bits per heavy atom. The number of nitrogens with zero attached hydrogens (tertiary/aromatic N) is 1.